The fourth-order valence-electron chi connectivity index (χ4n) is 2.32. The van der Waals surface area contributed by atoms with Crippen LogP contribution in [0.1, 0.15) is 16.8 Å². The Morgan fingerprint density at radius 2 is 1.85 bits per heavy atom. The predicted octanol–water partition coefficient (Wildman–Crippen LogP) is 2.79. The van der Waals surface area contributed by atoms with Crippen molar-refractivity contribution in [2.75, 3.05) is 11.9 Å². The summed E-state index contributed by atoms with van der Waals surface area (Å²) in [5.41, 5.74) is 1.89. The van der Waals surface area contributed by atoms with E-state index in [1.165, 1.54) is 6.33 Å². The molecule has 0 radical (unpaired) electrons. The number of anilines is 1. The van der Waals surface area contributed by atoms with E-state index in [0.29, 0.717) is 11.3 Å². The number of hydrogen-bond donors (Lipinski definition) is 2. The molecule has 0 atom stereocenters. The molecule has 0 spiro atoms. The van der Waals surface area contributed by atoms with Crippen molar-refractivity contribution < 1.29 is 9.59 Å². The van der Waals surface area contributed by atoms with E-state index in [4.69, 9.17) is 0 Å². The SMILES string of the molecule is O=C(CCNC(=O)c1ccc(Br)cc1)Nc1ccccc1-n1cncn1. The molecule has 0 saturated carbocycles. The van der Waals surface area contributed by atoms with Gasteiger partial charge in [-0.2, -0.15) is 5.10 Å². The first-order chi connectivity index (χ1) is 12.6. The van der Waals surface area contributed by atoms with Gasteiger partial charge in [-0.25, -0.2) is 9.67 Å². The van der Waals surface area contributed by atoms with Crippen LogP contribution >= 0.6 is 15.9 Å². The van der Waals surface area contributed by atoms with E-state index < -0.39 is 0 Å². The van der Waals surface area contributed by atoms with Crippen LogP contribution in [-0.2, 0) is 4.79 Å². The highest BCUT2D eigenvalue weighted by Gasteiger charge is 2.10. The number of hydrogen-bond acceptors (Lipinski definition) is 4. The van der Waals surface area contributed by atoms with Crippen molar-refractivity contribution in [1.82, 2.24) is 20.1 Å². The lowest BCUT2D eigenvalue weighted by Crippen LogP contribution is -2.27. The molecular formula is C18H16BrN5O2. The summed E-state index contributed by atoms with van der Waals surface area (Å²) in [5, 5.41) is 9.64. The van der Waals surface area contributed by atoms with Gasteiger partial charge in [-0.1, -0.05) is 28.1 Å². The molecule has 0 fully saturated rings. The van der Waals surface area contributed by atoms with Crippen LogP contribution < -0.4 is 10.6 Å². The molecule has 3 aromatic rings. The summed E-state index contributed by atoms with van der Waals surface area (Å²) in [5.74, 6) is -0.415. The van der Waals surface area contributed by atoms with E-state index in [0.717, 1.165) is 10.2 Å². The molecule has 8 heteroatoms. The molecule has 1 heterocycles. The zero-order valence-electron chi connectivity index (χ0n) is 13.7. The van der Waals surface area contributed by atoms with Crippen molar-refractivity contribution in [2.45, 2.75) is 6.42 Å². The maximum absolute atomic E-state index is 12.2. The summed E-state index contributed by atoms with van der Waals surface area (Å²) in [6.07, 6.45) is 3.15. The highest BCUT2D eigenvalue weighted by Crippen LogP contribution is 2.18. The summed E-state index contributed by atoms with van der Waals surface area (Å²) in [7, 11) is 0. The van der Waals surface area contributed by atoms with Gasteiger partial charge in [-0.3, -0.25) is 9.59 Å². The molecule has 0 aliphatic rings. The molecule has 2 aromatic carbocycles. The van der Waals surface area contributed by atoms with E-state index in [9.17, 15) is 9.59 Å². The molecule has 3 rings (SSSR count). The second-order valence-electron chi connectivity index (χ2n) is 5.42. The van der Waals surface area contributed by atoms with Crippen molar-refractivity contribution in [3.05, 3.63) is 71.2 Å². The molecule has 2 N–H and O–H groups in total. The van der Waals surface area contributed by atoms with Crippen molar-refractivity contribution in [2.24, 2.45) is 0 Å². The third-order valence-electron chi connectivity index (χ3n) is 3.59. The van der Waals surface area contributed by atoms with Crippen molar-refractivity contribution in [3.63, 3.8) is 0 Å². The number of nitrogens with zero attached hydrogens (tertiary/aromatic N) is 3. The average Bonchev–Trinajstić information content (AvgIpc) is 3.17. The maximum atomic E-state index is 12.2. The minimum Gasteiger partial charge on any atom is -0.352 e. The number of rotatable bonds is 6. The van der Waals surface area contributed by atoms with Gasteiger partial charge in [-0.05, 0) is 36.4 Å². The molecule has 0 aliphatic heterocycles. The van der Waals surface area contributed by atoms with Crippen molar-refractivity contribution >= 4 is 33.4 Å². The minimum absolute atomic E-state index is 0.161. The second kappa shape index (κ2) is 8.39. The average molecular weight is 414 g/mol. The first kappa shape index (κ1) is 17.8. The van der Waals surface area contributed by atoms with Gasteiger partial charge in [-0.15, -0.1) is 0 Å². The Kier molecular flexibility index (Phi) is 5.75. The topological polar surface area (TPSA) is 88.9 Å². The van der Waals surface area contributed by atoms with Crippen molar-refractivity contribution in [3.8, 4) is 5.69 Å². The number of carbonyl (C=O) groups is 2. The summed E-state index contributed by atoms with van der Waals surface area (Å²) >= 11 is 3.32. The van der Waals surface area contributed by atoms with E-state index in [2.05, 4.69) is 36.6 Å². The number of halogens is 1. The molecule has 0 saturated heterocycles. The normalized spacial score (nSPS) is 10.3. The monoisotopic (exact) mass is 413 g/mol. The zero-order chi connectivity index (χ0) is 18.4. The van der Waals surface area contributed by atoms with Gasteiger partial charge < -0.3 is 10.6 Å². The summed E-state index contributed by atoms with van der Waals surface area (Å²) < 4.78 is 2.48. The summed E-state index contributed by atoms with van der Waals surface area (Å²) in [6, 6.07) is 14.3. The first-order valence-corrected chi connectivity index (χ1v) is 8.70. The molecular weight excluding hydrogens is 398 g/mol. The summed E-state index contributed by atoms with van der Waals surface area (Å²) in [4.78, 5) is 28.1. The molecule has 2 amide bonds. The lowest BCUT2D eigenvalue weighted by molar-refractivity contribution is -0.116. The van der Waals surface area contributed by atoms with Crippen LogP contribution in [-0.4, -0.2) is 33.1 Å². The highest BCUT2D eigenvalue weighted by molar-refractivity contribution is 9.10. The number of amides is 2. The smallest absolute Gasteiger partial charge is 0.251 e. The number of benzene rings is 2. The maximum Gasteiger partial charge on any atom is 0.251 e. The third-order valence-corrected chi connectivity index (χ3v) is 4.12. The molecule has 0 bridgehead atoms. The van der Waals surface area contributed by atoms with Gasteiger partial charge in [0, 0.05) is 23.0 Å². The fraction of sp³-hybridized carbons (Fsp3) is 0.111. The van der Waals surface area contributed by atoms with Crippen LogP contribution in [0.3, 0.4) is 0 Å². The van der Waals surface area contributed by atoms with Crippen LogP contribution in [0.4, 0.5) is 5.69 Å². The van der Waals surface area contributed by atoms with E-state index >= 15 is 0 Å². The van der Waals surface area contributed by atoms with Gasteiger partial charge in [0.25, 0.3) is 5.91 Å². The van der Waals surface area contributed by atoms with Crippen LogP contribution in [0.5, 0.6) is 0 Å². The zero-order valence-corrected chi connectivity index (χ0v) is 15.3. The lowest BCUT2D eigenvalue weighted by Gasteiger charge is -2.11. The summed E-state index contributed by atoms with van der Waals surface area (Å²) in [6.45, 7) is 0.242. The van der Waals surface area contributed by atoms with Gasteiger partial charge in [0.2, 0.25) is 5.91 Å². The predicted molar refractivity (Wildman–Crippen MR) is 101 cm³/mol. The Hall–Kier alpha value is -3.00. The van der Waals surface area contributed by atoms with E-state index in [1.54, 1.807) is 41.3 Å². The largest absolute Gasteiger partial charge is 0.352 e. The Labute approximate surface area is 158 Å². The van der Waals surface area contributed by atoms with Crippen molar-refractivity contribution in [1.29, 1.82) is 0 Å². The fourth-order valence-corrected chi connectivity index (χ4v) is 2.58. The Morgan fingerprint density at radius 1 is 1.08 bits per heavy atom. The molecule has 26 heavy (non-hydrogen) atoms. The third kappa shape index (κ3) is 4.54. The molecule has 0 aliphatic carbocycles. The van der Waals surface area contributed by atoms with E-state index in [-0.39, 0.29) is 24.8 Å². The number of aromatic nitrogens is 3. The lowest BCUT2D eigenvalue weighted by atomic mass is 10.2. The Morgan fingerprint density at radius 3 is 2.58 bits per heavy atom. The number of carbonyl (C=O) groups excluding carboxylic acids is 2. The molecule has 0 unspecified atom stereocenters. The van der Waals surface area contributed by atoms with E-state index in [1.807, 2.05) is 18.2 Å². The molecule has 7 nitrogen and oxygen atoms in total. The Balaban J connectivity index is 1.54. The standard InChI is InChI=1S/C18H16BrN5O2/c19-14-7-5-13(6-8-14)18(26)21-10-9-17(25)23-15-3-1-2-4-16(15)24-12-20-11-22-24/h1-8,11-12H,9-10H2,(H,21,26)(H,23,25). The minimum atomic E-state index is -0.215. The van der Waals surface area contributed by atoms with Gasteiger partial charge in [0.05, 0.1) is 11.4 Å². The molecule has 1 aromatic heterocycles. The van der Waals surface area contributed by atoms with Crippen LogP contribution in [0.2, 0.25) is 0 Å². The highest BCUT2D eigenvalue weighted by atomic mass is 79.9. The van der Waals surface area contributed by atoms with Gasteiger partial charge in [0.1, 0.15) is 12.7 Å². The van der Waals surface area contributed by atoms with Crippen LogP contribution in [0.25, 0.3) is 5.69 Å². The number of para-hydroxylation sites is 2. The Bertz CT molecular complexity index is 894. The molecule has 132 valence electrons. The van der Waals surface area contributed by atoms with Crippen LogP contribution in [0.15, 0.2) is 65.7 Å². The first-order valence-electron chi connectivity index (χ1n) is 7.91. The van der Waals surface area contributed by atoms with Gasteiger partial charge in [0.15, 0.2) is 0 Å². The second-order valence-corrected chi connectivity index (χ2v) is 6.33. The van der Waals surface area contributed by atoms with Crippen LogP contribution in [0, 0.1) is 0 Å². The quantitative estimate of drug-likeness (QED) is 0.649. The van der Waals surface area contributed by atoms with Gasteiger partial charge >= 0.3 is 0 Å². The number of nitrogens with one attached hydrogen (secondary N) is 2.